The van der Waals surface area contributed by atoms with Crippen molar-refractivity contribution in [3.8, 4) is 0 Å². The fraction of sp³-hybridized carbons (Fsp3) is 0.636. The third-order valence-electron chi connectivity index (χ3n) is 2.84. The maximum Gasteiger partial charge on any atom is 0.326 e. The van der Waals surface area contributed by atoms with Gasteiger partial charge in [-0.05, 0) is 6.42 Å². The molecular formula is C11H18N2O5S2. The Labute approximate surface area is 122 Å². The van der Waals surface area contributed by atoms with E-state index in [0.717, 1.165) is 6.26 Å². The van der Waals surface area contributed by atoms with E-state index in [1.807, 2.05) is 0 Å². The summed E-state index contributed by atoms with van der Waals surface area (Å²) in [5.41, 5.74) is 0. The molecule has 2 unspecified atom stereocenters. The molecule has 0 aromatic heterocycles. The average molecular weight is 322 g/mol. The first-order chi connectivity index (χ1) is 9.27. The van der Waals surface area contributed by atoms with Crippen LogP contribution >= 0.6 is 11.8 Å². The number of carbonyl (C=O) groups excluding carboxylic acids is 1. The first kappa shape index (κ1) is 16.8. The summed E-state index contributed by atoms with van der Waals surface area (Å²) in [6, 6.07) is -1.77. The lowest BCUT2D eigenvalue weighted by Crippen LogP contribution is -2.56. The van der Waals surface area contributed by atoms with Gasteiger partial charge in [0.05, 0.1) is 0 Å². The Kier molecular flexibility index (Phi) is 5.88. The number of nitrogens with zero attached hydrogens (tertiary/aromatic N) is 1. The Bertz CT molecular complexity index is 491. The molecule has 1 aliphatic rings. The van der Waals surface area contributed by atoms with Crippen LogP contribution in [-0.4, -0.2) is 66.1 Å². The highest BCUT2D eigenvalue weighted by atomic mass is 32.2. The molecule has 0 aromatic rings. The van der Waals surface area contributed by atoms with Crippen LogP contribution in [-0.2, 0) is 14.6 Å². The second kappa shape index (κ2) is 6.98. The molecular weight excluding hydrogens is 304 g/mol. The molecule has 2 amide bonds. The fourth-order valence-corrected chi connectivity index (χ4v) is 4.60. The Hall–Kier alpha value is -1.22. The largest absolute Gasteiger partial charge is 0.480 e. The van der Waals surface area contributed by atoms with Gasteiger partial charge in [0.25, 0.3) is 0 Å². The molecule has 9 heteroatoms. The minimum absolute atomic E-state index is 0.0766. The topological polar surface area (TPSA) is 104 Å². The van der Waals surface area contributed by atoms with Gasteiger partial charge in [-0.3, -0.25) is 0 Å². The third-order valence-corrected chi connectivity index (χ3v) is 5.48. The number of hydrogen-bond acceptors (Lipinski definition) is 5. The van der Waals surface area contributed by atoms with Crippen molar-refractivity contribution >= 4 is 33.6 Å². The first-order valence-corrected chi connectivity index (χ1v) is 9.05. The van der Waals surface area contributed by atoms with E-state index in [2.05, 4.69) is 11.9 Å². The molecule has 1 saturated heterocycles. The maximum atomic E-state index is 12.1. The Balaban J connectivity index is 2.82. The molecule has 2 atom stereocenters. The summed E-state index contributed by atoms with van der Waals surface area (Å²) in [5.74, 6) is -0.259. The van der Waals surface area contributed by atoms with Gasteiger partial charge in [-0.15, -0.1) is 6.58 Å². The number of thioether (sulfide) groups is 1. The van der Waals surface area contributed by atoms with E-state index in [1.54, 1.807) is 0 Å². The van der Waals surface area contributed by atoms with Gasteiger partial charge < -0.3 is 15.3 Å². The minimum Gasteiger partial charge on any atom is -0.480 e. The monoisotopic (exact) mass is 322 g/mol. The van der Waals surface area contributed by atoms with E-state index in [1.165, 1.54) is 22.7 Å². The quantitative estimate of drug-likeness (QED) is 0.698. The molecule has 1 aliphatic heterocycles. The number of carboxylic acids is 1. The number of rotatable bonds is 5. The Morgan fingerprint density at radius 1 is 1.60 bits per heavy atom. The second-order valence-electron chi connectivity index (χ2n) is 4.42. The van der Waals surface area contributed by atoms with Crippen LogP contribution in [0.1, 0.15) is 6.42 Å². The molecule has 0 radical (unpaired) electrons. The number of hydrogen-bond donors (Lipinski definition) is 2. The highest BCUT2D eigenvalue weighted by Crippen LogP contribution is 2.20. The lowest BCUT2D eigenvalue weighted by molar-refractivity contribution is -0.139. The zero-order chi connectivity index (χ0) is 15.3. The molecule has 0 saturated carbocycles. The molecule has 0 bridgehead atoms. The number of nitrogens with one attached hydrogen (secondary N) is 1. The highest BCUT2D eigenvalue weighted by molar-refractivity contribution is 8.00. The molecule has 114 valence electrons. The number of carboxylic acid groups (broad SMARTS) is 1. The van der Waals surface area contributed by atoms with E-state index in [9.17, 15) is 18.0 Å². The van der Waals surface area contributed by atoms with Crippen molar-refractivity contribution in [3.63, 3.8) is 0 Å². The van der Waals surface area contributed by atoms with Gasteiger partial charge in [-0.2, -0.15) is 11.8 Å². The minimum atomic E-state index is -3.41. The number of urea groups is 1. The zero-order valence-electron chi connectivity index (χ0n) is 11.1. The first-order valence-electron chi connectivity index (χ1n) is 5.94. The summed E-state index contributed by atoms with van der Waals surface area (Å²) < 4.78 is 23.4. The van der Waals surface area contributed by atoms with Crippen LogP contribution in [0.5, 0.6) is 0 Å². The van der Waals surface area contributed by atoms with Crippen molar-refractivity contribution in [3.05, 3.63) is 12.7 Å². The van der Waals surface area contributed by atoms with Gasteiger partial charge >= 0.3 is 12.0 Å². The van der Waals surface area contributed by atoms with Crippen molar-refractivity contribution in [1.29, 1.82) is 0 Å². The number of carbonyl (C=O) groups is 2. The zero-order valence-corrected chi connectivity index (χ0v) is 12.7. The van der Waals surface area contributed by atoms with Gasteiger partial charge in [0, 0.05) is 24.3 Å². The molecule has 1 fully saturated rings. The lowest BCUT2D eigenvalue weighted by Gasteiger charge is -2.34. The van der Waals surface area contributed by atoms with Crippen molar-refractivity contribution in [1.82, 2.24) is 10.2 Å². The van der Waals surface area contributed by atoms with E-state index in [0.29, 0.717) is 11.5 Å². The van der Waals surface area contributed by atoms with E-state index in [4.69, 9.17) is 5.11 Å². The number of sulfone groups is 1. The van der Waals surface area contributed by atoms with Crippen molar-refractivity contribution in [2.45, 2.75) is 17.8 Å². The molecule has 0 aromatic carbocycles. The number of aliphatic carboxylic acids is 1. The van der Waals surface area contributed by atoms with Crippen LogP contribution in [0, 0.1) is 0 Å². The second-order valence-corrected chi connectivity index (χ2v) is 7.77. The predicted molar refractivity (Wildman–Crippen MR) is 77.4 cm³/mol. The molecule has 2 N–H and O–H groups in total. The van der Waals surface area contributed by atoms with Crippen LogP contribution in [0.25, 0.3) is 0 Å². The highest BCUT2D eigenvalue weighted by Gasteiger charge is 2.35. The van der Waals surface area contributed by atoms with E-state index in [-0.39, 0.29) is 13.0 Å². The van der Waals surface area contributed by atoms with Crippen LogP contribution < -0.4 is 5.32 Å². The molecule has 1 heterocycles. The summed E-state index contributed by atoms with van der Waals surface area (Å²) >= 11 is 1.45. The van der Waals surface area contributed by atoms with E-state index >= 15 is 0 Å². The fourth-order valence-electron chi connectivity index (χ4n) is 1.79. The van der Waals surface area contributed by atoms with Gasteiger partial charge in [0.1, 0.15) is 11.4 Å². The molecule has 1 rings (SSSR count). The molecule has 7 nitrogen and oxygen atoms in total. The molecule has 20 heavy (non-hydrogen) atoms. The maximum absolute atomic E-state index is 12.1. The Morgan fingerprint density at radius 2 is 2.25 bits per heavy atom. The van der Waals surface area contributed by atoms with E-state index < -0.39 is 33.3 Å². The average Bonchev–Trinajstić information content (AvgIpc) is 2.37. The van der Waals surface area contributed by atoms with Crippen molar-refractivity contribution in [2.75, 3.05) is 24.3 Å². The third kappa shape index (κ3) is 4.41. The summed E-state index contributed by atoms with van der Waals surface area (Å²) in [6.45, 7) is 3.70. The SMILES string of the molecule is C=CCC(NC(=O)N1CCSCC1S(C)(=O)=O)C(=O)O. The van der Waals surface area contributed by atoms with Gasteiger partial charge in [-0.1, -0.05) is 6.08 Å². The van der Waals surface area contributed by atoms with Gasteiger partial charge in [0.2, 0.25) is 0 Å². The summed E-state index contributed by atoms with van der Waals surface area (Å²) in [5, 5.41) is 10.4. The summed E-state index contributed by atoms with van der Waals surface area (Å²) in [6.07, 6.45) is 2.54. The molecule has 0 spiro atoms. The smallest absolute Gasteiger partial charge is 0.326 e. The van der Waals surface area contributed by atoms with Crippen molar-refractivity contribution in [2.24, 2.45) is 0 Å². The van der Waals surface area contributed by atoms with Gasteiger partial charge in [0.15, 0.2) is 9.84 Å². The predicted octanol–water partition coefficient (Wildman–Crippen LogP) is 0.145. The lowest BCUT2D eigenvalue weighted by atomic mass is 10.2. The Morgan fingerprint density at radius 3 is 2.75 bits per heavy atom. The standard InChI is InChI=1S/C11H18N2O5S2/c1-3-4-8(10(14)15)12-11(16)13-5-6-19-7-9(13)20(2,17)18/h3,8-9H,1,4-7H2,2H3,(H,12,16)(H,14,15). The normalized spacial score (nSPS) is 21.1. The summed E-state index contributed by atoms with van der Waals surface area (Å²) in [4.78, 5) is 24.3. The molecule has 0 aliphatic carbocycles. The number of amides is 2. The van der Waals surface area contributed by atoms with Gasteiger partial charge in [-0.25, -0.2) is 18.0 Å². The van der Waals surface area contributed by atoms with Crippen molar-refractivity contribution < 1.29 is 23.1 Å². The van der Waals surface area contributed by atoms with Crippen LogP contribution in [0.4, 0.5) is 4.79 Å². The van der Waals surface area contributed by atoms with Crippen LogP contribution in [0.2, 0.25) is 0 Å². The van der Waals surface area contributed by atoms with Crippen LogP contribution in [0.15, 0.2) is 12.7 Å². The summed E-state index contributed by atoms with van der Waals surface area (Å²) in [7, 11) is -3.41. The van der Waals surface area contributed by atoms with Crippen LogP contribution in [0.3, 0.4) is 0 Å².